The molecule has 0 spiro atoms. The van der Waals surface area contributed by atoms with E-state index in [1.54, 1.807) is 12.1 Å². The van der Waals surface area contributed by atoms with Crippen molar-refractivity contribution in [3.63, 3.8) is 0 Å². The highest BCUT2D eigenvalue weighted by Crippen LogP contribution is 2.43. The van der Waals surface area contributed by atoms with Crippen LogP contribution in [0, 0.1) is 5.82 Å². The van der Waals surface area contributed by atoms with Crippen LogP contribution in [0.15, 0.2) is 127 Å². The van der Waals surface area contributed by atoms with E-state index in [-0.39, 0.29) is 31.0 Å². The summed E-state index contributed by atoms with van der Waals surface area (Å²) in [6, 6.07) is 30.6. The standard InChI is InChI=1S/C36H28ClFN4O3/c1-2-31(43)41-29-13-7-11-26(19-29)32-33-35(39-22-40-36(33)45-34(32)25-9-4-3-5-10-25)42-30(24-14-16-27(37)17-15-24)21-44-20-23-8-6-12-28(38)18-23/h2-19,22,30H,1,20-21H2,(H,41,43)(H,39,40,42)/t30-/m1/s1. The Morgan fingerprint density at radius 3 is 2.51 bits per heavy atom. The van der Waals surface area contributed by atoms with Crippen LogP contribution in [0.3, 0.4) is 0 Å². The number of halogens is 2. The number of rotatable bonds is 11. The van der Waals surface area contributed by atoms with Gasteiger partial charge in [-0.05, 0) is 59.2 Å². The van der Waals surface area contributed by atoms with Gasteiger partial charge in [-0.25, -0.2) is 14.4 Å². The number of fused-ring (bicyclic) bond motifs is 1. The number of furan rings is 1. The zero-order valence-corrected chi connectivity index (χ0v) is 24.8. The molecule has 0 radical (unpaired) electrons. The summed E-state index contributed by atoms with van der Waals surface area (Å²) in [5.74, 6) is 0.492. The van der Waals surface area contributed by atoms with Gasteiger partial charge in [0.25, 0.3) is 0 Å². The number of carbonyl (C=O) groups is 1. The fraction of sp³-hybridized carbons (Fsp3) is 0.0833. The number of nitrogens with zero attached hydrogens (tertiary/aromatic N) is 2. The van der Waals surface area contributed by atoms with E-state index >= 15 is 0 Å². The monoisotopic (exact) mass is 618 g/mol. The van der Waals surface area contributed by atoms with Crippen LogP contribution in [0.2, 0.25) is 5.02 Å². The smallest absolute Gasteiger partial charge is 0.247 e. The van der Waals surface area contributed by atoms with Crippen LogP contribution in [0.4, 0.5) is 15.9 Å². The predicted molar refractivity (Wildman–Crippen MR) is 175 cm³/mol. The van der Waals surface area contributed by atoms with Gasteiger partial charge in [0.05, 0.1) is 24.6 Å². The molecule has 9 heteroatoms. The maximum Gasteiger partial charge on any atom is 0.247 e. The van der Waals surface area contributed by atoms with Gasteiger partial charge in [-0.1, -0.05) is 84.9 Å². The quantitative estimate of drug-likeness (QED) is 0.141. The Hall–Kier alpha value is -5.31. The molecule has 0 bridgehead atoms. The molecule has 224 valence electrons. The van der Waals surface area contributed by atoms with Gasteiger partial charge in [-0.15, -0.1) is 0 Å². The molecular weight excluding hydrogens is 591 g/mol. The molecule has 0 saturated carbocycles. The molecule has 0 saturated heterocycles. The lowest BCUT2D eigenvalue weighted by molar-refractivity contribution is -0.111. The van der Waals surface area contributed by atoms with Crippen molar-refractivity contribution >= 4 is 40.1 Å². The number of benzene rings is 4. The number of amides is 1. The third-order valence-electron chi connectivity index (χ3n) is 7.15. The maximum atomic E-state index is 13.8. The number of ether oxygens (including phenoxy) is 1. The third kappa shape index (κ3) is 6.93. The number of hydrogen-bond donors (Lipinski definition) is 2. The van der Waals surface area contributed by atoms with Crippen LogP contribution >= 0.6 is 11.6 Å². The summed E-state index contributed by atoms with van der Waals surface area (Å²) in [5, 5.41) is 7.65. The first-order chi connectivity index (χ1) is 22.0. The molecule has 6 aromatic rings. The summed E-state index contributed by atoms with van der Waals surface area (Å²) >= 11 is 6.21. The van der Waals surface area contributed by atoms with E-state index in [1.807, 2.05) is 78.9 Å². The molecule has 4 aromatic carbocycles. The Morgan fingerprint density at radius 1 is 0.956 bits per heavy atom. The Morgan fingerprint density at radius 2 is 1.73 bits per heavy atom. The van der Waals surface area contributed by atoms with Crippen molar-refractivity contribution in [2.75, 3.05) is 17.2 Å². The Kier molecular flexibility index (Phi) is 8.96. The first-order valence-electron chi connectivity index (χ1n) is 14.2. The lowest BCUT2D eigenvalue weighted by Gasteiger charge is -2.21. The summed E-state index contributed by atoms with van der Waals surface area (Å²) < 4.78 is 26.2. The van der Waals surface area contributed by atoms with Crippen molar-refractivity contribution in [1.82, 2.24) is 9.97 Å². The van der Waals surface area contributed by atoms with Gasteiger partial charge < -0.3 is 19.8 Å². The molecule has 45 heavy (non-hydrogen) atoms. The Bertz CT molecular complexity index is 1960. The van der Waals surface area contributed by atoms with Gasteiger partial charge in [-0.3, -0.25) is 4.79 Å². The highest BCUT2D eigenvalue weighted by Gasteiger charge is 2.24. The van der Waals surface area contributed by atoms with Gasteiger partial charge in [0.2, 0.25) is 11.6 Å². The topological polar surface area (TPSA) is 89.3 Å². The molecular formula is C36H28ClFN4O3. The maximum absolute atomic E-state index is 13.8. The van der Waals surface area contributed by atoms with Crippen molar-refractivity contribution in [2.24, 2.45) is 0 Å². The molecule has 0 unspecified atom stereocenters. The van der Waals surface area contributed by atoms with Gasteiger partial charge >= 0.3 is 0 Å². The van der Waals surface area contributed by atoms with Crippen molar-refractivity contribution in [2.45, 2.75) is 12.6 Å². The van der Waals surface area contributed by atoms with Crippen molar-refractivity contribution in [3.8, 4) is 22.5 Å². The predicted octanol–water partition coefficient (Wildman–Crippen LogP) is 8.84. The summed E-state index contributed by atoms with van der Waals surface area (Å²) in [4.78, 5) is 21.2. The second-order valence-electron chi connectivity index (χ2n) is 10.2. The molecule has 0 aliphatic rings. The fourth-order valence-corrected chi connectivity index (χ4v) is 5.19. The van der Waals surface area contributed by atoms with Gasteiger partial charge in [-0.2, -0.15) is 0 Å². The van der Waals surface area contributed by atoms with Crippen molar-refractivity contribution in [3.05, 3.63) is 144 Å². The van der Waals surface area contributed by atoms with E-state index in [0.29, 0.717) is 33.4 Å². The van der Waals surface area contributed by atoms with E-state index in [2.05, 4.69) is 27.2 Å². The molecule has 0 aliphatic heterocycles. The molecule has 6 rings (SSSR count). The number of nitrogens with one attached hydrogen (secondary N) is 2. The first-order valence-corrected chi connectivity index (χ1v) is 14.6. The SMILES string of the molecule is C=CC(=O)Nc1cccc(-c2c(-c3ccccc3)oc3ncnc(N[C@H](COCc4cccc(F)c4)c4ccc(Cl)cc4)c23)c1. The zero-order chi connectivity index (χ0) is 31.2. The molecule has 0 aliphatic carbocycles. The van der Waals surface area contributed by atoms with Crippen LogP contribution in [0.1, 0.15) is 17.2 Å². The van der Waals surface area contributed by atoms with Crippen LogP contribution in [0.5, 0.6) is 0 Å². The minimum absolute atomic E-state index is 0.223. The number of anilines is 2. The average Bonchev–Trinajstić information content (AvgIpc) is 3.46. The lowest BCUT2D eigenvalue weighted by Crippen LogP contribution is -2.18. The lowest BCUT2D eigenvalue weighted by atomic mass is 9.98. The average molecular weight is 619 g/mol. The Balaban J connectivity index is 1.43. The van der Waals surface area contributed by atoms with Gasteiger partial charge in [0.15, 0.2) is 0 Å². The summed E-state index contributed by atoms with van der Waals surface area (Å²) in [5.41, 5.74) is 5.02. The van der Waals surface area contributed by atoms with E-state index in [4.69, 9.17) is 20.8 Å². The van der Waals surface area contributed by atoms with E-state index < -0.39 is 0 Å². The Labute approximate surface area is 264 Å². The largest absolute Gasteiger partial charge is 0.437 e. The highest BCUT2D eigenvalue weighted by atomic mass is 35.5. The second kappa shape index (κ2) is 13.5. The molecule has 7 nitrogen and oxygen atoms in total. The minimum atomic E-state index is -0.366. The van der Waals surface area contributed by atoms with Crippen LogP contribution < -0.4 is 10.6 Å². The summed E-state index contributed by atoms with van der Waals surface area (Å²) in [6.07, 6.45) is 2.67. The van der Waals surface area contributed by atoms with Crippen molar-refractivity contribution < 1.29 is 18.3 Å². The van der Waals surface area contributed by atoms with E-state index in [9.17, 15) is 9.18 Å². The third-order valence-corrected chi connectivity index (χ3v) is 7.41. The normalized spacial score (nSPS) is 11.7. The molecule has 0 fully saturated rings. The number of carbonyl (C=O) groups excluding carboxylic acids is 1. The minimum Gasteiger partial charge on any atom is -0.437 e. The first kappa shape index (κ1) is 29.7. The summed E-state index contributed by atoms with van der Waals surface area (Å²) in [6.45, 7) is 4.01. The summed E-state index contributed by atoms with van der Waals surface area (Å²) in [7, 11) is 0. The second-order valence-corrected chi connectivity index (χ2v) is 10.7. The fourth-order valence-electron chi connectivity index (χ4n) is 5.06. The van der Waals surface area contributed by atoms with E-state index in [0.717, 1.165) is 27.8 Å². The van der Waals surface area contributed by atoms with Gasteiger partial charge in [0, 0.05) is 21.8 Å². The highest BCUT2D eigenvalue weighted by molar-refractivity contribution is 6.30. The molecule has 2 heterocycles. The molecule has 1 atom stereocenters. The van der Waals surface area contributed by atoms with E-state index in [1.165, 1.54) is 24.5 Å². The van der Waals surface area contributed by atoms with Crippen molar-refractivity contribution in [1.29, 1.82) is 0 Å². The molecule has 2 N–H and O–H groups in total. The van der Waals surface area contributed by atoms with Crippen LogP contribution in [-0.2, 0) is 16.1 Å². The zero-order valence-electron chi connectivity index (χ0n) is 24.0. The number of hydrogen-bond acceptors (Lipinski definition) is 6. The number of aromatic nitrogens is 2. The van der Waals surface area contributed by atoms with Crippen LogP contribution in [0.25, 0.3) is 33.6 Å². The molecule has 2 aromatic heterocycles. The van der Waals surface area contributed by atoms with Crippen LogP contribution in [-0.4, -0.2) is 22.5 Å². The van der Waals surface area contributed by atoms with Gasteiger partial charge in [0.1, 0.15) is 23.7 Å². The molecule has 1 amide bonds.